The number of aliphatic hydroxyl groups is 1. The molecular weight excluding hydrogens is 297 g/mol. The Bertz CT molecular complexity index is 566. The summed E-state index contributed by atoms with van der Waals surface area (Å²) in [6.07, 6.45) is 3.41. The summed E-state index contributed by atoms with van der Waals surface area (Å²) >= 11 is 0. The van der Waals surface area contributed by atoms with Crippen molar-refractivity contribution in [2.75, 3.05) is 19.6 Å². The molecule has 1 N–H and O–H groups in total. The maximum Gasteiger partial charge on any atom is 0.162 e. The van der Waals surface area contributed by atoms with E-state index in [9.17, 15) is 19.1 Å². The van der Waals surface area contributed by atoms with Crippen molar-refractivity contribution in [2.24, 2.45) is 5.92 Å². The molecular formula is C18H22FNO3. The van der Waals surface area contributed by atoms with Gasteiger partial charge in [-0.15, -0.1) is 0 Å². The predicted octanol–water partition coefficient (Wildman–Crippen LogP) is 2.25. The van der Waals surface area contributed by atoms with Crippen LogP contribution in [0.15, 0.2) is 30.3 Å². The van der Waals surface area contributed by atoms with Crippen molar-refractivity contribution in [1.29, 1.82) is 0 Å². The van der Waals surface area contributed by atoms with Gasteiger partial charge in [0.2, 0.25) is 0 Å². The number of halogens is 1. The third kappa shape index (κ3) is 5.39. The van der Waals surface area contributed by atoms with Crippen LogP contribution in [0.3, 0.4) is 0 Å². The number of ketones is 1. The van der Waals surface area contributed by atoms with Gasteiger partial charge in [0.25, 0.3) is 0 Å². The summed E-state index contributed by atoms with van der Waals surface area (Å²) in [4.78, 5) is 24.5. The fourth-order valence-electron chi connectivity index (χ4n) is 2.97. The number of carbonyl (C=O) groups is 1. The SMILES string of the molecule is O=C=CCC1CN(CCCC(=O)c2ccc(F)cc2)CCC1O. The number of hydrogen-bond donors (Lipinski definition) is 1. The molecule has 1 aliphatic heterocycles. The van der Waals surface area contributed by atoms with Gasteiger partial charge in [0.1, 0.15) is 11.8 Å². The Morgan fingerprint density at radius 1 is 1.39 bits per heavy atom. The number of nitrogens with zero attached hydrogens (tertiary/aromatic N) is 1. The van der Waals surface area contributed by atoms with E-state index in [4.69, 9.17) is 0 Å². The van der Waals surface area contributed by atoms with E-state index in [1.54, 1.807) is 5.94 Å². The van der Waals surface area contributed by atoms with E-state index in [1.165, 1.54) is 30.3 Å². The van der Waals surface area contributed by atoms with Crippen molar-refractivity contribution in [3.63, 3.8) is 0 Å². The van der Waals surface area contributed by atoms with Gasteiger partial charge in [-0.1, -0.05) is 0 Å². The van der Waals surface area contributed by atoms with Gasteiger partial charge in [-0.3, -0.25) is 4.79 Å². The molecule has 0 spiro atoms. The molecule has 1 fully saturated rings. The number of Topliss-reactive ketones (excluding diaryl/α,β-unsaturated/α-hetero) is 1. The fraction of sp³-hybridized carbons (Fsp3) is 0.500. The molecule has 2 unspecified atom stereocenters. The summed E-state index contributed by atoms with van der Waals surface area (Å²) < 4.78 is 12.8. The van der Waals surface area contributed by atoms with Gasteiger partial charge in [0.15, 0.2) is 5.78 Å². The normalized spacial score (nSPS) is 21.7. The molecule has 1 aromatic rings. The number of allylic oxidation sites excluding steroid dienone is 1. The lowest BCUT2D eigenvalue weighted by molar-refractivity contribution is 0.0276. The number of carbonyl (C=O) groups excluding carboxylic acids is 2. The van der Waals surface area contributed by atoms with Gasteiger partial charge < -0.3 is 10.0 Å². The van der Waals surface area contributed by atoms with E-state index in [0.29, 0.717) is 24.8 Å². The molecule has 4 nitrogen and oxygen atoms in total. The summed E-state index contributed by atoms with van der Waals surface area (Å²) in [5.74, 6) is 1.48. The summed E-state index contributed by atoms with van der Waals surface area (Å²) in [7, 11) is 0. The number of piperidine rings is 1. The minimum atomic E-state index is -0.378. The van der Waals surface area contributed by atoms with Crippen molar-refractivity contribution in [3.8, 4) is 0 Å². The maximum absolute atomic E-state index is 12.8. The minimum Gasteiger partial charge on any atom is -0.393 e. The number of rotatable bonds is 7. The maximum atomic E-state index is 12.8. The lowest BCUT2D eigenvalue weighted by Gasteiger charge is -2.35. The third-order valence-electron chi connectivity index (χ3n) is 4.33. The molecule has 0 bridgehead atoms. The van der Waals surface area contributed by atoms with E-state index >= 15 is 0 Å². The average molecular weight is 319 g/mol. The van der Waals surface area contributed by atoms with Crippen molar-refractivity contribution in [2.45, 2.75) is 31.8 Å². The molecule has 23 heavy (non-hydrogen) atoms. The van der Waals surface area contributed by atoms with Gasteiger partial charge in [0, 0.05) is 37.1 Å². The van der Waals surface area contributed by atoms with Crippen molar-refractivity contribution >= 4 is 11.7 Å². The Kier molecular flexibility index (Phi) is 6.66. The van der Waals surface area contributed by atoms with E-state index in [1.807, 2.05) is 0 Å². The van der Waals surface area contributed by atoms with Gasteiger partial charge >= 0.3 is 0 Å². The Hall–Kier alpha value is -1.81. The fourth-order valence-corrected chi connectivity index (χ4v) is 2.97. The van der Waals surface area contributed by atoms with Crippen LogP contribution in [0.25, 0.3) is 0 Å². The van der Waals surface area contributed by atoms with Crippen LogP contribution in [0.5, 0.6) is 0 Å². The molecule has 0 aliphatic carbocycles. The van der Waals surface area contributed by atoms with Gasteiger partial charge in [-0.05, 0) is 50.1 Å². The third-order valence-corrected chi connectivity index (χ3v) is 4.33. The average Bonchev–Trinajstić information content (AvgIpc) is 2.55. The molecule has 1 aromatic carbocycles. The van der Waals surface area contributed by atoms with Crippen LogP contribution < -0.4 is 0 Å². The summed E-state index contributed by atoms with van der Waals surface area (Å²) in [5.41, 5.74) is 0.537. The lowest BCUT2D eigenvalue weighted by atomic mass is 9.91. The first-order valence-corrected chi connectivity index (χ1v) is 7.98. The first-order chi connectivity index (χ1) is 11.1. The summed E-state index contributed by atoms with van der Waals surface area (Å²) in [5, 5.41) is 9.94. The van der Waals surface area contributed by atoms with Gasteiger partial charge in [-0.2, -0.15) is 0 Å². The van der Waals surface area contributed by atoms with Crippen LogP contribution in [-0.2, 0) is 4.79 Å². The highest BCUT2D eigenvalue weighted by molar-refractivity contribution is 5.95. The van der Waals surface area contributed by atoms with E-state index in [0.717, 1.165) is 26.1 Å². The largest absolute Gasteiger partial charge is 0.393 e. The Balaban J connectivity index is 1.76. The zero-order valence-electron chi connectivity index (χ0n) is 13.1. The van der Waals surface area contributed by atoms with E-state index < -0.39 is 0 Å². The zero-order valence-corrected chi connectivity index (χ0v) is 13.1. The number of hydrogen-bond acceptors (Lipinski definition) is 4. The Morgan fingerprint density at radius 3 is 2.83 bits per heavy atom. The predicted molar refractivity (Wildman–Crippen MR) is 85.4 cm³/mol. The zero-order chi connectivity index (χ0) is 16.7. The highest BCUT2D eigenvalue weighted by atomic mass is 19.1. The second kappa shape index (κ2) is 8.73. The van der Waals surface area contributed by atoms with Crippen molar-refractivity contribution in [1.82, 2.24) is 4.90 Å². The quantitative estimate of drug-likeness (QED) is 0.619. The highest BCUT2D eigenvalue weighted by Crippen LogP contribution is 2.21. The molecule has 1 saturated heterocycles. The second-order valence-electron chi connectivity index (χ2n) is 6.01. The van der Waals surface area contributed by atoms with Crippen molar-refractivity contribution < 1.29 is 19.1 Å². The second-order valence-corrected chi connectivity index (χ2v) is 6.01. The van der Waals surface area contributed by atoms with Crippen LogP contribution in [0.4, 0.5) is 4.39 Å². The van der Waals surface area contributed by atoms with Crippen LogP contribution in [0.1, 0.15) is 36.0 Å². The molecule has 0 radical (unpaired) electrons. The molecule has 1 heterocycles. The molecule has 124 valence electrons. The molecule has 5 heteroatoms. The molecule has 0 aromatic heterocycles. The topological polar surface area (TPSA) is 57.6 Å². The first kappa shape index (κ1) is 17.5. The van der Waals surface area contributed by atoms with Gasteiger partial charge in [0.05, 0.1) is 6.10 Å². The Labute approximate surface area is 135 Å². The standard InChI is InChI=1S/C18H22FNO3/c19-16-7-5-14(6-8-16)17(22)4-1-10-20-11-9-18(23)15(13-20)3-2-12-21/h2,5-8,15,18,23H,1,3-4,9-11,13H2. The van der Waals surface area contributed by atoms with Crippen LogP contribution in [-0.4, -0.2) is 47.5 Å². The molecule has 1 aliphatic rings. The number of likely N-dealkylation sites (tertiary alicyclic amines) is 1. The Morgan fingerprint density at radius 2 is 2.13 bits per heavy atom. The molecule has 0 saturated carbocycles. The summed E-state index contributed by atoms with van der Waals surface area (Å²) in [6, 6.07) is 5.61. The summed E-state index contributed by atoms with van der Waals surface area (Å²) in [6.45, 7) is 2.30. The first-order valence-electron chi connectivity index (χ1n) is 7.98. The lowest BCUT2D eigenvalue weighted by Crippen LogP contribution is -2.43. The number of benzene rings is 1. The highest BCUT2D eigenvalue weighted by Gasteiger charge is 2.26. The number of aliphatic hydroxyl groups excluding tert-OH is 1. The van der Waals surface area contributed by atoms with Crippen LogP contribution in [0, 0.1) is 11.7 Å². The minimum absolute atomic E-state index is 0.0162. The molecule has 0 amide bonds. The van der Waals surface area contributed by atoms with Gasteiger partial charge in [-0.25, -0.2) is 9.18 Å². The van der Waals surface area contributed by atoms with Crippen LogP contribution in [0.2, 0.25) is 0 Å². The smallest absolute Gasteiger partial charge is 0.162 e. The molecule has 2 atom stereocenters. The molecule has 2 rings (SSSR count). The van der Waals surface area contributed by atoms with E-state index in [-0.39, 0.29) is 23.6 Å². The van der Waals surface area contributed by atoms with Crippen LogP contribution >= 0.6 is 0 Å². The van der Waals surface area contributed by atoms with Crippen molar-refractivity contribution in [3.05, 3.63) is 41.7 Å². The monoisotopic (exact) mass is 319 g/mol. The van der Waals surface area contributed by atoms with E-state index in [2.05, 4.69) is 4.90 Å².